The van der Waals surface area contributed by atoms with Gasteiger partial charge in [-0.15, -0.1) is 0 Å². The smallest absolute Gasteiger partial charge is 0.0847 e. The maximum Gasteiger partial charge on any atom is 0.0847 e. The van der Waals surface area contributed by atoms with Crippen molar-refractivity contribution in [3.63, 3.8) is 0 Å². The number of hydrogen-bond acceptors (Lipinski definition) is 1. The molecule has 0 aromatic carbocycles. The fraction of sp³-hybridized carbons (Fsp3) is 0.769. The molecule has 2 nitrogen and oxygen atoms in total. The fourth-order valence-corrected chi connectivity index (χ4v) is 3.92. The molecule has 4 heteroatoms. The van der Waals surface area contributed by atoms with E-state index in [1.807, 2.05) is 18.7 Å². The zero-order valence-electron chi connectivity index (χ0n) is 10.5. The molecule has 0 saturated heterocycles. The van der Waals surface area contributed by atoms with Crippen molar-refractivity contribution in [3.8, 4) is 0 Å². The summed E-state index contributed by atoms with van der Waals surface area (Å²) >= 11 is 9.99. The lowest BCUT2D eigenvalue weighted by molar-refractivity contribution is 0.366. The SMILES string of the molecule is Cc1nn(C)c(CC(CBr)C2CCCC2)c1Cl. The van der Waals surface area contributed by atoms with E-state index in [9.17, 15) is 0 Å². The first kappa shape index (κ1) is 13.4. The van der Waals surface area contributed by atoms with Crippen LogP contribution in [0.3, 0.4) is 0 Å². The second kappa shape index (κ2) is 5.75. The Morgan fingerprint density at radius 1 is 1.47 bits per heavy atom. The summed E-state index contributed by atoms with van der Waals surface area (Å²) in [4.78, 5) is 0. The molecule has 1 unspecified atom stereocenters. The highest BCUT2D eigenvalue weighted by Gasteiger charge is 2.26. The molecule has 1 saturated carbocycles. The van der Waals surface area contributed by atoms with Gasteiger partial charge in [0.2, 0.25) is 0 Å². The Kier molecular flexibility index (Phi) is 4.53. The molecule has 1 fully saturated rings. The third-order valence-corrected chi connectivity index (χ3v) is 5.31. The molecule has 0 amide bonds. The van der Waals surface area contributed by atoms with Crippen molar-refractivity contribution in [2.75, 3.05) is 5.33 Å². The van der Waals surface area contributed by atoms with Crippen LogP contribution in [0.2, 0.25) is 5.02 Å². The van der Waals surface area contributed by atoms with Crippen molar-refractivity contribution in [1.82, 2.24) is 9.78 Å². The van der Waals surface area contributed by atoms with Crippen molar-refractivity contribution in [2.24, 2.45) is 18.9 Å². The predicted octanol–water partition coefficient (Wildman–Crippen LogP) is 4.13. The monoisotopic (exact) mass is 318 g/mol. The molecular formula is C13H20BrClN2. The van der Waals surface area contributed by atoms with Gasteiger partial charge in [-0.25, -0.2) is 0 Å². The summed E-state index contributed by atoms with van der Waals surface area (Å²) in [5, 5.41) is 6.32. The number of nitrogens with zero attached hydrogens (tertiary/aromatic N) is 2. The van der Waals surface area contributed by atoms with Crippen LogP contribution in [-0.2, 0) is 13.5 Å². The Labute approximate surface area is 117 Å². The topological polar surface area (TPSA) is 17.8 Å². The van der Waals surface area contributed by atoms with Crippen LogP contribution in [0.5, 0.6) is 0 Å². The number of halogens is 2. The molecule has 17 heavy (non-hydrogen) atoms. The highest BCUT2D eigenvalue weighted by Crippen LogP contribution is 2.35. The molecule has 0 aliphatic heterocycles. The number of rotatable bonds is 4. The number of aryl methyl sites for hydroxylation is 2. The van der Waals surface area contributed by atoms with Crippen LogP contribution < -0.4 is 0 Å². The van der Waals surface area contributed by atoms with Gasteiger partial charge in [-0.1, -0.05) is 53.2 Å². The highest BCUT2D eigenvalue weighted by molar-refractivity contribution is 9.09. The largest absolute Gasteiger partial charge is 0.271 e. The predicted molar refractivity (Wildman–Crippen MR) is 75.9 cm³/mol. The van der Waals surface area contributed by atoms with Crippen molar-refractivity contribution in [3.05, 3.63) is 16.4 Å². The number of alkyl halides is 1. The van der Waals surface area contributed by atoms with Crippen LogP contribution in [0.4, 0.5) is 0 Å². The van der Waals surface area contributed by atoms with Gasteiger partial charge >= 0.3 is 0 Å². The molecule has 0 bridgehead atoms. The lowest BCUT2D eigenvalue weighted by Gasteiger charge is -2.21. The van der Waals surface area contributed by atoms with Crippen LogP contribution in [0.1, 0.15) is 37.1 Å². The molecule has 1 aliphatic rings. The van der Waals surface area contributed by atoms with E-state index in [1.165, 1.54) is 31.4 Å². The van der Waals surface area contributed by atoms with Crippen LogP contribution in [0, 0.1) is 18.8 Å². The van der Waals surface area contributed by atoms with E-state index in [2.05, 4.69) is 21.0 Å². The molecule has 96 valence electrons. The van der Waals surface area contributed by atoms with E-state index in [4.69, 9.17) is 11.6 Å². The van der Waals surface area contributed by atoms with Crippen molar-refractivity contribution >= 4 is 27.5 Å². The van der Waals surface area contributed by atoms with Crippen LogP contribution >= 0.6 is 27.5 Å². The lowest BCUT2D eigenvalue weighted by Crippen LogP contribution is -2.18. The van der Waals surface area contributed by atoms with Crippen LogP contribution in [-0.4, -0.2) is 15.1 Å². The van der Waals surface area contributed by atoms with E-state index in [0.717, 1.165) is 28.4 Å². The quantitative estimate of drug-likeness (QED) is 0.763. The van der Waals surface area contributed by atoms with Gasteiger partial charge in [0, 0.05) is 12.4 Å². The van der Waals surface area contributed by atoms with Crippen molar-refractivity contribution in [2.45, 2.75) is 39.0 Å². The van der Waals surface area contributed by atoms with Gasteiger partial charge in [0.05, 0.1) is 16.4 Å². The number of hydrogen-bond donors (Lipinski definition) is 0. The van der Waals surface area contributed by atoms with Gasteiger partial charge in [-0.3, -0.25) is 4.68 Å². The molecule has 1 aliphatic carbocycles. The minimum absolute atomic E-state index is 0.699. The first-order chi connectivity index (χ1) is 8.13. The highest BCUT2D eigenvalue weighted by atomic mass is 79.9. The van der Waals surface area contributed by atoms with Gasteiger partial charge in [-0.2, -0.15) is 5.10 Å². The van der Waals surface area contributed by atoms with Crippen molar-refractivity contribution in [1.29, 1.82) is 0 Å². The number of aromatic nitrogens is 2. The van der Waals surface area contributed by atoms with Gasteiger partial charge in [-0.05, 0) is 25.2 Å². The molecule has 0 spiro atoms. The normalized spacial score (nSPS) is 18.8. The Morgan fingerprint density at radius 3 is 2.59 bits per heavy atom. The van der Waals surface area contributed by atoms with E-state index < -0.39 is 0 Å². The standard InChI is InChI=1S/C13H20BrClN2/c1-9-13(15)12(17(2)16-9)7-11(8-14)10-5-3-4-6-10/h10-11H,3-8H2,1-2H3. The summed E-state index contributed by atoms with van der Waals surface area (Å²) in [7, 11) is 1.99. The molecule has 2 rings (SSSR count). The van der Waals surface area contributed by atoms with Gasteiger partial charge in [0.25, 0.3) is 0 Å². The summed E-state index contributed by atoms with van der Waals surface area (Å²) in [6.45, 7) is 1.98. The zero-order chi connectivity index (χ0) is 12.4. The van der Waals surface area contributed by atoms with E-state index in [-0.39, 0.29) is 0 Å². The second-order valence-corrected chi connectivity index (χ2v) is 6.16. The minimum atomic E-state index is 0.699. The Bertz CT molecular complexity index is 383. The lowest BCUT2D eigenvalue weighted by atomic mass is 9.88. The Balaban J connectivity index is 2.12. The molecule has 0 radical (unpaired) electrons. The van der Waals surface area contributed by atoms with Crippen LogP contribution in [0.15, 0.2) is 0 Å². The molecule has 1 aromatic heterocycles. The van der Waals surface area contributed by atoms with E-state index in [1.54, 1.807) is 0 Å². The van der Waals surface area contributed by atoms with E-state index in [0.29, 0.717) is 5.92 Å². The second-order valence-electron chi connectivity index (χ2n) is 5.13. The molecule has 1 aromatic rings. The first-order valence-electron chi connectivity index (χ1n) is 6.37. The Hall–Kier alpha value is -0.0200. The average molecular weight is 320 g/mol. The van der Waals surface area contributed by atoms with E-state index >= 15 is 0 Å². The fourth-order valence-electron chi connectivity index (χ4n) is 2.93. The minimum Gasteiger partial charge on any atom is -0.271 e. The summed E-state index contributed by atoms with van der Waals surface area (Å²) in [6, 6.07) is 0. The molecule has 1 heterocycles. The Morgan fingerprint density at radius 2 is 2.12 bits per heavy atom. The zero-order valence-corrected chi connectivity index (χ0v) is 12.9. The van der Waals surface area contributed by atoms with Crippen LogP contribution in [0.25, 0.3) is 0 Å². The summed E-state index contributed by atoms with van der Waals surface area (Å²) in [6.07, 6.45) is 6.60. The molecule has 1 atom stereocenters. The summed E-state index contributed by atoms with van der Waals surface area (Å²) < 4.78 is 1.95. The maximum absolute atomic E-state index is 6.32. The summed E-state index contributed by atoms with van der Waals surface area (Å²) in [5.41, 5.74) is 2.14. The van der Waals surface area contributed by atoms with Gasteiger partial charge in [0.1, 0.15) is 0 Å². The molecular weight excluding hydrogens is 300 g/mol. The third kappa shape index (κ3) is 2.87. The average Bonchev–Trinajstić information content (AvgIpc) is 2.89. The third-order valence-electron chi connectivity index (χ3n) is 3.98. The summed E-state index contributed by atoms with van der Waals surface area (Å²) in [5.74, 6) is 1.56. The van der Waals surface area contributed by atoms with Gasteiger partial charge < -0.3 is 0 Å². The first-order valence-corrected chi connectivity index (χ1v) is 7.87. The maximum atomic E-state index is 6.32. The van der Waals surface area contributed by atoms with Crippen molar-refractivity contribution < 1.29 is 0 Å². The molecule has 0 N–H and O–H groups in total. The van der Waals surface area contributed by atoms with Gasteiger partial charge in [0.15, 0.2) is 0 Å².